The molecular weight excluding hydrogens is 253 g/mol. The van der Waals surface area contributed by atoms with Crippen LogP contribution >= 0.6 is 0 Å². The van der Waals surface area contributed by atoms with E-state index in [4.69, 9.17) is 5.73 Å². The quantitative estimate of drug-likeness (QED) is 0.923. The van der Waals surface area contributed by atoms with Crippen molar-refractivity contribution in [2.24, 2.45) is 5.73 Å². The summed E-state index contributed by atoms with van der Waals surface area (Å²) in [5, 5.41) is 0. The van der Waals surface area contributed by atoms with Gasteiger partial charge in [-0.15, -0.1) is 0 Å². The first-order valence-corrected chi connectivity index (χ1v) is 7.37. The molecule has 4 heteroatoms. The molecule has 2 rings (SSSR count). The number of rotatable bonds is 3. The molecule has 112 valence electrons. The molecule has 1 unspecified atom stereocenters. The Morgan fingerprint density at radius 2 is 2.10 bits per heavy atom. The Balaban J connectivity index is 2.33. The van der Waals surface area contributed by atoms with Crippen molar-refractivity contribution in [1.29, 1.82) is 0 Å². The average Bonchev–Trinajstić information content (AvgIpc) is 2.41. The third-order valence-electron chi connectivity index (χ3n) is 4.27. The Morgan fingerprint density at radius 3 is 2.70 bits per heavy atom. The standard InChI is InChI=1S/C16H26FN3/c1-11-8-16(14(12(2)18)9-15(11)17)20-7-5-6-13(10-20)19(3)4/h8-9,12-13H,5-7,10,18H2,1-4H3/t12-,13?/m0/s1. The number of anilines is 1. The molecule has 0 bridgehead atoms. The molecule has 1 heterocycles. The smallest absolute Gasteiger partial charge is 0.126 e. The first-order chi connectivity index (χ1) is 9.40. The van der Waals surface area contributed by atoms with Crippen LogP contribution in [0.5, 0.6) is 0 Å². The largest absolute Gasteiger partial charge is 0.370 e. The van der Waals surface area contributed by atoms with Gasteiger partial charge >= 0.3 is 0 Å². The second-order valence-electron chi connectivity index (χ2n) is 6.15. The molecule has 1 fully saturated rings. The summed E-state index contributed by atoms with van der Waals surface area (Å²) in [4.78, 5) is 4.63. The van der Waals surface area contributed by atoms with E-state index in [9.17, 15) is 4.39 Å². The molecule has 1 aliphatic heterocycles. The number of nitrogens with zero attached hydrogens (tertiary/aromatic N) is 2. The Labute approximate surface area is 121 Å². The fraction of sp³-hybridized carbons (Fsp3) is 0.625. The number of hydrogen-bond donors (Lipinski definition) is 1. The molecule has 1 aromatic rings. The van der Waals surface area contributed by atoms with Crippen LogP contribution in [0.3, 0.4) is 0 Å². The van der Waals surface area contributed by atoms with Crippen molar-refractivity contribution < 1.29 is 4.39 Å². The molecule has 20 heavy (non-hydrogen) atoms. The Morgan fingerprint density at radius 1 is 1.40 bits per heavy atom. The number of benzene rings is 1. The molecular formula is C16H26FN3. The second-order valence-corrected chi connectivity index (χ2v) is 6.15. The van der Waals surface area contributed by atoms with Gasteiger partial charge in [0, 0.05) is 30.9 Å². The molecule has 0 spiro atoms. The molecule has 0 aromatic heterocycles. The summed E-state index contributed by atoms with van der Waals surface area (Å²) < 4.78 is 13.8. The predicted octanol–water partition coefficient (Wildman–Crippen LogP) is 2.68. The Kier molecular flexibility index (Phi) is 4.66. The molecule has 0 amide bonds. The summed E-state index contributed by atoms with van der Waals surface area (Å²) in [6, 6.07) is 3.95. The van der Waals surface area contributed by atoms with Crippen LogP contribution in [0.15, 0.2) is 12.1 Å². The van der Waals surface area contributed by atoms with Crippen LogP contribution in [-0.4, -0.2) is 38.1 Å². The minimum absolute atomic E-state index is 0.153. The predicted molar refractivity (Wildman–Crippen MR) is 82.7 cm³/mol. The second kappa shape index (κ2) is 6.10. The van der Waals surface area contributed by atoms with Gasteiger partial charge in [-0.3, -0.25) is 0 Å². The number of hydrogen-bond acceptors (Lipinski definition) is 3. The third kappa shape index (κ3) is 3.13. The van der Waals surface area contributed by atoms with E-state index in [1.807, 2.05) is 19.9 Å². The lowest BCUT2D eigenvalue weighted by Gasteiger charge is -2.39. The van der Waals surface area contributed by atoms with E-state index in [1.54, 1.807) is 6.07 Å². The molecule has 2 N–H and O–H groups in total. The third-order valence-corrected chi connectivity index (χ3v) is 4.27. The molecule has 3 nitrogen and oxygen atoms in total. The lowest BCUT2D eigenvalue weighted by atomic mass is 9.99. The lowest BCUT2D eigenvalue weighted by molar-refractivity contribution is 0.258. The highest BCUT2D eigenvalue weighted by Gasteiger charge is 2.24. The van der Waals surface area contributed by atoms with Gasteiger partial charge in [0.1, 0.15) is 5.82 Å². The summed E-state index contributed by atoms with van der Waals surface area (Å²) in [5.74, 6) is -0.165. The van der Waals surface area contributed by atoms with Crippen LogP contribution in [0.25, 0.3) is 0 Å². The van der Waals surface area contributed by atoms with Crippen molar-refractivity contribution in [3.05, 3.63) is 29.1 Å². The summed E-state index contributed by atoms with van der Waals surface area (Å²) in [5.41, 5.74) is 8.73. The molecule has 2 atom stereocenters. The van der Waals surface area contributed by atoms with Gasteiger partial charge in [-0.05, 0) is 64.0 Å². The van der Waals surface area contributed by atoms with Crippen molar-refractivity contribution in [1.82, 2.24) is 4.90 Å². The van der Waals surface area contributed by atoms with Gasteiger partial charge in [0.2, 0.25) is 0 Å². The maximum Gasteiger partial charge on any atom is 0.126 e. The van der Waals surface area contributed by atoms with Crippen molar-refractivity contribution in [3.8, 4) is 0 Å². The number of nitrogens with two attached hydrogens (primary N) is 1. The summed E-state index contributed by atoms with van der Waals surface area (Å²) in [6.45, 7) is 5.74. The van der Waals surface area contributed by atoms with Crippen LogP contribution in [0.1, 0.15) is 36.9 Å². The topological polar surface area (TPSA) is 32.5 Å². The van der Waals surface area contributed by atoms with E-state index in [0.29, 0.717) is 11.6 Å². The van der Waals surface area contributed by atoms with Crippen LogP contribution < -0.4 is 10.6 Å². The summed E-state index contributed by atoms with van der Waals surface area (Å²) >= 11 is 0. The molecule has 1 aromatic carbocycles. The lowest BCUT2D eigenvalue weighted by Crippen LogP contribution is -2.45. The molecule has 1 aliphatic rings. The van der Waals surface area contributed by atoms with Gasteiger partial charge in [0.15, 0.2) is 0 Å². The van der Waals surface area contributed by atoms with E-state index in [-0.39, 0.29) is 11.9 Å². The minimum atomic E-state index is -0.165. The van der Waals surface area contributed by atoms with E-state index in [1.165, 1.54) is 6.42 Å². The average molecular weight is 279 g/mol. The van der Waals surface area contributed by atoms with Crippen LogP contribution in [0, 0.1) is 12.7 Å². The SMILES string of the molecule is Cc1cc(N2CCCC(N(C)C)C2)c([C@H](C)N)cc1F. The van der Waals surface area contributed by atoms with Gasteiger partial charge in [0.25, 0.3) is 0 Å². The monoisotopic (exact) mass is 279 g/mol. The zero-order valence-corrected chi connectivity index (χ0v) is 13.0. The highest BCUT2D eigenvalue weighted by Crippen LogP contribution is 2.31. The fourth-order valence-electron chi connectivity index (χ4n) is 2.92. The van der Waals surface area contributed by atoms with Crippen molar-refractivity contribution >= 4 is 5.69 Å². The first kappa shape index (κ1) is 15.3. The van der Waals surface area contributed by atoms with Crippen molar-refractivity contribution in [2.75, 3.05) is 32.1 Å². The zero-order chi connectivity index (χ0) is 14.9. The number of aryl methyl sites for hydroxylation is 1. The van der Waals surface area contributed by atoms with Crippen molar-refractivity contribution in [3.63, 3.8) is 0 Å². The van der Waals surface area contributed by atoms with E-state index in [2.05, 4.69) is 23.9 Å². The van der Waals surface area contributed by atoms with Gasteiger partial charge in [-0.1, -0.05) is 0 Å². The molecule has 0 aliphatic carbocycles. The van der Waals surface area contributed by atoms with E-state index < -0.39 is 0 Å². The molecule has 0 radical (unpaired) electrons. The number of piperidine rings is 1. The minimum Gasteiger partial charge on any atom is -0.370 e. The first-order valence-electron chi connectivity index (χ1n) is 7.37. The van der Waals surface area contributed by atoms with Gasteiger partial charge < -0.3 is 15.5 Å². The summed E-state index contributed by atoms with van der Waals surface area (Å²) in [6.07, 6.45) is 2.38. The number of likely N-dealkylation sites (N-methyl/N-ethyl adjacent to an activating group) is 1. The zero-order valence-electron chi connectivity index (χ0n) is 13.0. The van der Waals surface area contributed by atoms with Gasteiger partial charge in [-0.2, -0.15) is 0 Å². The van der Waals surface area contributed by atoms with Crippen LogP contribution in [0.2, 0.25) is 0 Å². The summed E-state index contributed by atoms with van der Waals surface area (Å²) in [7, 11) is 4.24. The maximum absolute atomic E-state index is 13.8. The van der Waals surface area contributed by atoms with Gasteiger partial charge in [0.05, 0.1) is 0 Å². The maximum atomic E-state index is 13.8. The highest BCUT2D eigenvalue weighted by molar-refractivity contribution is 5.57. The van der Waals surface area contributed by atoms with Gasteiger partial charge in [-0.25, -0.2) is 4.39 Å². The molecule has 1 saturated heterocycles. The normalized spacial score (nSPS) is 21.4. The van der Waals surface area contributed by atoms with Crippen LogP contribution in [0.4, 0.5) is 10.1 Å². The van der Waals surface area contributed by atoms with Crippen LogP contribution in [-0.2, 0) is 0 Å². The Hall–Kier alpha value is -1.13. The fourth-order valence-corrected chi connectivity index (χ4v) is 2.92. The highest BCUT2D eigenvalue weighted by atomic mass is 19.1. The van der Waals surface area contributed by atoms with E-state index >= 15 is 0 Å². The number of halogens is 1. The van der Waals surface area contributed by atoms with Crippen molar-refractivity contribution in [2.45, 2.75) is 38.8 Å². The van der Waals surface area contributed by atoms with E-state index in [0.717, 1.165) is 30.8 Å². The molecule has 0 saturated carbocycles. The Bertz CT molecular complexity index is 471.